The van der Waals surface area contributed by atoms with E-state index in [1.807, 2.05) is 0 Å². The van der Waals surface area contributed by atoms with Gasteiger partial charge in [-0.2, -0.15) is 0 Å². The molecule has 0 aromatic carbocycles. The number of rotatable bonds is 3. The summed E-state index contributed by atoms with van der Waals surface area (Å²) < 4.78 is 0. The Kier molecular flexibility index (Phi) is 7.42. The zero-order valence-electron chi connectivity index (χ0n) is 12.7. The first-order chi connectivity index (χ1) is 9.66. The molecule has 21 heavy (non-hydrogen) atoms. The molecule has 1 spiro atoms. The fraction of sp³-hybridized carbons (Fsp3) is 0.857. The number of carbonyl (C=O) groups excluding carboxylic acids is 2. The van der Waals surface area contributed by atoms with Gasteiger partial charge in [0.15, 0.2) is 0 Å². The maximum absolute atomic E-state index is 11.7. The smallest absolute Gasteiger partial charge is 0.321 e. The van der Waals surface area contributed by atoms with Crippen molar-refractivity contribution < 1.29 is 9.59 Å². The van der Waals surface area contributed by atoms with Crippen LogP contribution in [-0.4, -0.2) is 55.6 Å². The molecule has 2 rings (SSSR count). The quantitative estimate of drug-likeness (QED) is 0.721. The SMILES string of the molecule is CNC(=O)NC(=O)CCN1CCNCC12CCCCC2.Cl. The van der Waals surface area contributed by atoms with Gasteiger partial charge in [0.05, 0.1) is 0 Å². The van der Waals surface area contributed by atoms with Crippen LogP contribution in [0.3, 0.4) is 0 Å². The standard InChI is InChI=1S/C14H26N4O2.ClH/c1-15-13(20)17-12(19)5-9-18-10-8-16-11-14(18)6-3-2-4-7-14;/h16H,2-11H2,1H3,(H2,15,17,19,20);1H. The summed E-state index contributed by atoms with van der Waals surface area (Å²) in [7, 11) is 1.51. The van der Waals surface area contributed by atoms with Gasteiger partial charge >= 0.3 is 6.03 Å². The lowest BCUT2D eigenvalue weighted by molar-refractivity contribution is -0.120. The summed E-state index contributed by atoms with van der Waals surface area (Å²) in [6.45, 7) is 3.75. The molecule has 122 valence electrons. The van der Waals surface area contributed by atoms with Crippen molar-refractivity contribution >= 4 is 24.3 Å². The van der Waals surface area contributed by atoms with Crippen LogP contribution in [-0.2, 0) is 4.79 Å². The lowest BCUT2D eigenvalue weighted by atomic mass is 9.79. The molecule has 6 nitrogen and oxygen atoms in total. The summed E-state index contributed by atoms with van der Waals surface area (Å²) in [6, 6.07) is -0.428. The highest BCUT2D eigenvalue weighted by molar-refractivity contribution is 5.94. The Balaban J connectivity index is 0.00000220. The molecule has 1 aliphatic carbocycles. The van der Waals surface area contributed by atoms with E-state index in [0.717, 1.165) is 26.2 Å². The van der Waals surface area contributed by atoms with Crippen molar-refractivity contribution in [3.8, 4) is 0 Å². The number of piperazine rings is 1. The lowest BCUT2D eigenvalue weighted by Crippen LogP contribution is -2.62. The molecule has 0 atom stereocenters. The van der Waals surface area contributed by atoms with E-state index in [1.165, 1.54) is 39.2 Å². The minimum Gasteiger partial charge on any atom is -0.341 e. The summed E-state index contributed by atoms with van der Waals surface area (Å²) in [5.41, 5.74) is 0.240. The van der Waals surface area contributed by atoms with Crippen LogP contribution in [0.25, 0.3) is 0 Å². The number of hydrogen-bond acceptors (Lipinski definition) is 4. The largest absolute Gasteiger partial charge is 0.341 e. The molecule has 3 amide bonds. The maximum atomic E-state index is 11.7. The molecule has 1 saturated carbocycles. The van der Waals surface area contributed by atoms with Crippen molar-refractivity contribution in [3.05, 3.63) is 0 Å². The van der Waals surface area contributed by atoms with Crippen LogP contribution in [0, 0.1) is 0 Å². The molecular formula is C14H27ClN4O2. The van der Waals surface area contributed by atoms with Gasteiger partial charge in [-0.25, -0.2) is 4.79 Å². The third-order valence-corrected chi connectivity index (χ3v) is 4.56. The van der Waals surface area contributed by atoms with Crippen molar-refractivity contribution in [1.82, 2.24) is 20.9 Å². The normalized spacial score (nSPS) is 21.4. The third kappa shape index (κ3) is 4.83. The van der Waals surface area contributed by atoms with Crippen molar-refractivity contribution in [1.29, 1.82) is 0 Å². The summed E-state index contributed by atoms with van der Waals surface area (Å²) in [6.07, 6.45) is 6.71. The minimum absolute atomic E-state index is 0. The summed E-state index contributed by atoms with van der Waals surface area (Å²) in [5, 5.41) is 8.22. The van der Waals surface area contributed by atoms with Gasteiger partial charge in [-0.1, -0.05) is 19.3 Å². The Morgan fingerprint density at radius 2 is 1.95 bits per heavy atom. The molecular weight excluding hydrogens is 292 g/mol. The monoisotopic (exact) mass is 318 g/mol. The van der Waals surface area contributed by atoms with E-state index in [4.69, 9.17) is 0 Å². The van der Waals surface area contributed by atoms with Crippen LogP contribution in [0.15, 0.2) is 0 Å². The predicted molar refractivity (Wildman–Crippen MR) is 84.7 cm³/mol. The van der Waals surface area contributed by atoms with Crippen LogP contribution in [0.1, 0.15) is 38.5 Å². The van der Waals surface area contributed by atoms with E-state index in [9.17, 15) is 9.59 Å². The Labute approximate surface area is 132 Å². The molecule has 0 radical (unpaired) electrons. The van der Waals surface area contributed by atoms with E-state index >= 15 is 0 Å². The fourth-order valence-corrected chi connectivity index (χ4v) is 3.42. The van der Waals surface area contributed by atoms with Crippen LogP contribution >= 0.6 is 12.4 Å². The predicted octanol–water partition coefficient (Wildman–Crippen LogP) is 0.862. The zero-order valence-corrected chi connectivity index (χ0v) is 13.6. The second-order valence-corrected chi connectivity index (χ2v) is 5.83. The second-order valence-electron chi connectivity index (χ2n) is 5.83. The summed E-state index contributed by atoms with van der Waals surface area (Å²) in [5.74, 6) is -0.200. The van der Waals surface area contributed by atoms with E-state index in [-0.39, 0.29) is 23.9 Å². The van der Waals surface area contributed by atoms with Crippen LogP contribution in [0.4, 0.5) is 4.79 Å². The maximum Gasteiger partial charge on any atom is 0.321 e. The number of hydrogen-bond donors (Lipinski definition) is 3. The highest BCUT2D eigenvalue weighted by Gasteiger charge is 2.39. The number of nitrogens with one attached hydrogen (secondary N) is 3. The Morgan fingerprint density at radius 1 is 1.24 bits per heavy atom. The average molecular weight is 319 g/mol. The topological polar surface area (TPSA) is 73.5 Å². The molecule has 3 N–H and O–H groups in total. The second kappa shape index (κ2) is 8.56. The van der Waals surface area contributed by atoms with Crippen molar-refractivity contribution in [2.24, 2.45) is 0 Å². The number of amides is 3. The molecule has 1 heterocycles. The minimum atomic E-state index is -0.428. The fourth-order valence-electron chi connectivity index (χ4n) is 3.42. The van der Waals surface area contributed by atoms with E-state index in [2.05, 4.69) is 20.9 Å². The first-order valence-electron chi connectivity index (χ1n) is 7.64. The highest BCUT2D eigenvalue weighted by Crippen LogP contribution is 2.34. The Hall–Kier alpha value is -0.850. The first kappa shape index (κ1) is 18.2. The average Bonchev–Trinajstić information content (AvgIpc) is 2.47. The van der Waals surface area contributed by atoms with Gasteiger partial charge in [-0.05, 0) is 12.8 Å². The van der Waals surface area contributed by atoms with Crippen molar-refractivity contribution in [2.45, 2.75) is 44.1 Å². The molecule has 0 unspecified atom stereocenters. The zero-order chi connectivity index (χ0) is 14.4. The van der Waals surface area contributed by atoms with Crippen molar-refractivity contribution in [3.63, 3.8) is 0 Å². The Morgan fingerprint density at radius 3 is 2.62 bits per heavy atom. The van der Waals surface area contributed by atoms with Crippen LogP contribution in [0.2, 0.25) is 0 Å². The van der Waals surface area contributed by atoms with Crippen LogP contribution < -0.4 is 16.0 Å². The lowest BCUT2D eigenvalue weighted by Gasteiger charge is -2.50. The molecule has 0 bridgehead atoms. The van der Waals surface area contributed by atoms with Crippen LogP contribution in [0.5, 0.6) is 0 Å². The molecule has 1 saturated heterocycles. The molecule has 2 aliphatic rings. The van der Waals surface area contributed by atoms with Gasteiger partial charge in [-0.3, -0.25) is 15.0 Å². The number of halogens is 1. The van der Waals surface area contributed by atoms with Crippen molar-refractivity contribution in [2.75, 3.05) is 33.2 Å². The Bertz CT molecular complexity index is 351. The third-order valence-electron chi connectivity index (χ3n) is 4.56. The van der Waals surface area contributed by atoms with E-state index in [1.54, 1.807) is 0 Å². The van der Waals surface area contributed by atoms with Gasteiger partial charge in [0, 0.05) is 45.2 Å². The number of nitrogens with zero attached hydrogens (tertiary/aromatic N) is 1. The number of imide groups is 1. The van der Waals surface area contributed by atoms with Gasteiger partial charge in [0.25, 0.3) is 0 Å². The van der Waals surface area contributed by atoms with Gasteiger partial charge in [0.1, 0.15) is 0 Å². The first-order valence-corrected chi connectivity index (χ1v) is 7.64. The summed E-state index contributed by atoms with van der Waals surface area (Å²) >= 11 is 0. The molecule has 0 aromatic rings. The number of urea groups is 1. The van der Waals surface area contributed by atoms with E-state index in [0.29, 0.717) is 6.42 Å². The molecule has 1 aliphatic heterocycles. The van der Waals surface area contributed by atoms with Gasteiger partial charge < -0.3 is 10.6 Å². The molecule has 0 aromatic heterocycles. The highest BCUT2D eigenvalue weighted by atomic mass is 35.5. The number of carbonyl (C=O) groups is 2. The summed E-state index contributed by atoms with van der Waals surface area (Å²) in [4.78, 5) is 25.3. The molecule has 2 fully saturated rings. The van der Waals surface area contributed by atoms with E-state index < -0.39 is 6.03 Å². The van der Waals surface area contributed by atoms with Gasteiger partial charge in [-0.15, -0.1) is 12.4 Å². The molecule has 7 heteroatoms. The van der Waals surface area contributed by atoms with Gasteiger partial charge in [0.2, 0.25) is 5.91 Å².